The predicted molar refractivity (Wildman–Crippen MR) is 106 cm³/mol. The smallest absolute Gasteiger partial charge is 0.0611 e. The normalized spacial score (nSPS) is 29.0. The van der Waals surface area contributed by atoms with Crippen LogP contribution in [0.25, 0.3) is 0 Å². The third-order valence-corrected chi connectivity index (χ3v) is 6.78. The van der Waals surface area contributed by atoms with Gasteiger partial charge in [0.2, 0.25) is 0 Å². The van der Waals surface area contributed by atoms with Gasteiger partial charge in [-0.1, -0.05) is 51.2 Å². The standard InChI is InChI=1S/C23H37NO/c1-3-4-5-6-7-18-8-9-19-14-22(17(2)12-21(19)13-18)20-10-11-23(24,15-20)16-25/h12,14,18,20,25H,3-11,13,15-16,24H2,1-2H3/t18-,20-,23+/m0/s1. The number of unbranched alkanes of at least 4 members (excludes halogenated alkanes) is 3. The first-order valence-electron chi connectivity index (χ1n) is 10.6. The summed E-state index contributed by atoms with van der Waals surface area (Å²) in [7, 11) is 0. The summed E-state index contributed by atoms with van der Waals surface area (Å²) in [6.45, 7) is 4.68. The van der Waals surface area contributed by atoms with E-state index in [0.717, 1.165) is 25.2 Å². The second-order valence-electron chi connectivity index (χ2n) is 8.90. The van der Waals surface area contributed by atoms with E-state index in [9.17, 15) is 5.11 Å². The minimum Gasteiger partial charge on any atom is -0.394 e. The molecule has 2 aliphatic rings. The van der Waals surface area contributed by atoms with Crippen LogP contribution in [0.1, 0.15) is 92.9 Å². The number of rotatable bonds is 7. The highest BCUT2D eigenvalue weighted by Crippen LogP contribution is 2.42. The Balaban J connectivity index is 1.65. The second-order valence-corrected chi connectivity index (χ2v) is 8.90. The lowest BCUT2D eigenvalue weighted by atomic mass is 9.78. The van der Waals surface area contributed by atoms with Gasteiger partial charge in [-0.05, 0) is 79.5 Å². The van der Waals surface area contributed by atoms with Gasteiger partial charge in [0.05, 0.1) is 6.61 Å². The number of benzene rings is 1. The molecule has 0 aliphatic heterocycles. The van der Waals surface area contributed by atoms with Crippen molar-refractivity contribution in [2.75, 3.05) is 6.61 Å². The predicted octanol–water partition coefficient (Wildman–Crippen LogP) is 5.03. The van der Waals surface area contributed by atoms with Crippen molar-refractivity contribution in [3.05, 3.63) is 34.4 Å². The molecule has 140 valence electrons. The van der Waals surface area contributed by atoms with Gasteiger partial charge in [-0.25, -0.2) is 0 Å². The molecule has 2 nitrogen and oxygen atoms in total. The Morgan fingerprint density at radius 2 is 2.00 bits per heavy atom. The summed E-state index contributed by atoms with van der Waals surface area (Å²) in [5.41, 5.74) is 12.1. The van der Waals surface area contributed by atoms with Crippen LogP contribution in [-0.2, 0) is 12.8 Å². The van der Waals surface area contributed by atoms with Crippen LogP contribution < -0.4 is 5.73 Å². The van der Waals surface area contributed by atoms with Gasteiger partial charge in [0.25, 0.3) is 0 Å². The van der Waals surface area contributed by atoms with E-state index in [-0.39, 0.29) is 12.1 Å². The summed E-state index contributed by atoms with van der Waals surface area (Å²) in [4.78, 5) is 0. The molecule has 2 aliphatic carbocycles. The lowest BCUT2D eigenvalue weighted by Crippen LogP contribution is -2.40. The van der Waals surface area contributed by atoms with Crippen molar-refractivity contribution in [1.29, 1.82) is 0 Å². The maximum absolute atomic E-state index is 9.56. The molecular weight excluding hydrogens is 306 g/mol. The molecule has 1 aromatic carbocycles. The number of hydrogen-bond donors (Lipinski definition) is 2. The fraction of sp³-hybridized carbons (Fsp3) is 0.739. The van der Waals surface area contributed by atoms with Gasteiger partial charge in [-0.2, -0.15) is 0 Å². The topological polar surface area (TPSA) is 46.2 Å². The zero-order valence-corrected chi connectivity index (χ0v) is 16.3. The number of nitrogens with two attached hydrogens (primary N) is 1. The van der Waals surface area contributed by atoms with E-state index in [0.29, 0.717) is 5.92 Å². The lowest BCUT2D eigenvalue weighted by molar-refractivity contribution is 0.198. The quantitative estimate of drug-likeness (QED) is 0.682. The molecule has 3 atom stereocenters. The average Bonchev–Trinajstić information content (AvgIpc) is 3.01. The molecule has 0 spiro atoms. The zero-order chi connectivity index (χ0) is 17.9. The van der Waals surface area contributed by atoms with E-state index in [1.165, 1.54) is 62.5 Å². The van der Waals surface area contributed by atoms with Crippen molar-refractivity contribution in [3.63, 3.8) is 0 Å². The summed E-state index contributed by atoms with van der Waals surface area (Å²) >= 11 is 0. The molecule has 1 fully saturated rings. The van der Waals surface area contributed by atoms with E-state index in [1.54, 1.807) is 11.1 Å². The Morgan fingerprint density at radius 1 is 1.16 bits per heavy atom. The fourth-order valence-electron chi connectivity index (χ4n) is 5.14. The molecular formula is C23H37NO. The molecule has 25 heavy (non-hydrogen) atoms. The Morgan fingerprint density at radius 3 is 2.72 bits per heavy atom. The maximum Gasteiger partial charge on any atom is 0.0611 e. The molecule has 3 N–H and O–H groups in total. The van der Waals surface area contributed by atoms with Gasteiger partial charge in [-0.3, -0.25) is 0 Å². The molecule has 3 rings (SSSR count). The molecule has 0 unspecified atom stereocenters. The van der Waals surface area contributed by atoms with Crippen LogP contribution >= 0.6 is 0 Å². The first kappa shape index (κ1) is 18.9. The second kappa shape index (κ2) is 8.22. The lowest BCUT2D eigenvalue weighted by Gasteiger charge is -2.27. The number of fused-ring (bicyclic) bond motifs is 1. The highest BCUT2D eigenvalue weighted by Gasteiger charge is 2.36. The Bertz CT molecular complexity index is 582. The Kier molecular flexibility index (Phi) is 6.22. The Hall–Kier alpha value is -0.860. The van der Waals surface area contributed by atoms with Crippen molar-refractivity contribution in [2.24, 2.45) is 11.7 Å². The van der Waals surface area contributed by atoms with Gasteiger partial charge in [0.15, 0.2) is 0 Å². The summed E-state index contributed by atoms with van der Waals surface area (Å²) in [6, 6.07) is 4.96. The summed E-state index contributed by atoms with van der Waals surface area (Å²) < 4.78 is 0. The van der Waals surface area contributed by atoms with Crippen molar-refractivity contribution in [3.8, 4) is 0 Å². The van der Waals surface area contributed by atoms with Gasteiger partial charge < -0.3 is 10.8 Å². The first-order valence-corrected chi connectivity index (χ1v) is 10.6. The van der Waals surface area contributed by atoms with E-state index in [1.807, 2.05) is 0 Å². The van der Waals surface area contributed by atoms with Gasteiger partial charge in [0.1, 0.15) is 0 Å². The zero-order valence-electron chi connectivity index (χ0n) is 16.3. The highest BCUT2D eigenvalue weighted by molar-refractivity contribution is 5.42. The van der Waals surface area contributed by atoms with Gasteiger partial charge in [-0.15, -0.1) is 0 Å². The number of aryl methyl sites for hydroxylation is 2. The van der Waals surface area contributed by atoms with E-state index >= 15 is 0 Å². The third-order valence-electron chi connectivity index (χ3n) is 6.78. The molecule has 0 saturated heterocycles. The minimum absolute atomic E-state index is 0.118. The SMILES string of the molecule is CCCCCC[C@H]1CCc2cc([C@H]3CC[C@](N)(CO)C3)c(C)cc2C1. The van der Waals surface area contributed by atoms with Crippen molar-refractivity contribution >= 4 is 0 Å². The highest BCUT2D eigenvalue weighted by atomic mass is 16.3. The van der Waals surface area contributed by atoms with E-state index in [2.05, 4.69) is 26.0 Å². The van der Waals surface area contributed by atoms with Gasteiger partial charge in [0, 0.05) is 5.54 Å². The van der Waals surface area contributed by atoms with E-state index in [4.69, 9.17) is 5.73 Å². The molecule has 0 amide bonds. The minimum atomic E-state index is -0.351. The largest absolute Gasteiger partial charge is 0.394 e. The summed E-state index contributed by atoms with van der Waals surface area (Å²) in [6.07, 6.45) is 13.9. The van der Waals surface area contributed by atoms with Crippen LogP contribution in [0.2, 0.25) is 0 Å². The number of hydrogen-bond acceptors (Lipinski definition) is 2. The van der Waals surface area contributed by atoms with Crippen LogP contribution in [0, 0.1) is 12.8 Å². The molecule has 0 aromatic heterocycles. The van der Waals surface area contributed by atoms with Crippen LogP contribution in [0.15, 0.2) is 12.1 Å². The van der Waals surface area contributed by atoms with Crippen LogP contribution in [0.3, 0.4) is 0 Å². The van der Waals surface area contributed by atoms with Crippen molar-refractivity contribution < 1.29 is 5.11 Å². The van der Waals surface area contributed by atoms with Crippen LogP contribution in [0.5, 0.6) is 0 Å². The molecule has 0 heterocycles. The van der Waals surface area contributed by atoms with E-state index < -0.39 is 0 Å². The van der Waals surface area contributed by atoms with Crippen molar-refractivity contribution in [1.82, 2.24) is 0 Å². The van der Waals surface area contributed by atoms with Crippen LogP contribution in [0.4, 0.5) is 0 Å². The summed E-state index contributed by atoms with van der Waals surface area (Å²) in [5, 5.41) is 9.56. The molecule has 1 saturated carbocycles. The number of aliphatic hydroxyl groups excluding tert-OH is 1. The van der Waals surface area contributed by atoms with Crippen molar-refractivity contribution in [2.45, 2.75) is 95.9 Å². The van der Waals surface area contributed by atoms with Crippen LogP contribution in [-0.4, -0.2) is 17.3 Å². The molecule has 1 aromatic rings. The maximum atomic E-state index is 9.56. The average molecular weight is 344 g/mol. The number of aliphatic hydroxyl groups is 1. The fourth-order valence-corrected chi connectivity index (χ4v) is 5.14. The monoisotopic (exact) mass is 343 g/mol. The molecule has 2 heteroatoms. The third kappa shape index (κ3) is 4.46. The Labute approximate surface area is 154 Å². The van der Waals surface area contributed by atoms with Gasteiger partial charge >= 0.3 is 0 Å². The molecule has 0 radical (unpaired) electrons. The molecule has 0 bridgehead atoms. The first-order chi connectivity index (χ1) is 12.0. The summed E-state index contributed by atoms with van der Waals surface area (Å²) in [5.74, 6) is 1.43.